The van der Waals surface area contributed by atoms with Gasteiger partial charge in [0.25, 0.3) is 5.69 Å². The maximum absolute atomic E-state index is 12.4. The van der Waals surface area contributed by atoms with Gasteiger partial charge in [-0.2, -0.15) is 5.10 Å². The third kappa shape index (κ3) is 3.93. The van der Waals surface area contributed by atoms with Gasteiger partial charge in [-0.3, -0.25) is 14.8 Å². The summed E-state index contributed by atoms with van der Waals surface area (Å²) in [5.41, 5.74) is 0.431. The molecule has 0 unspecified atom stereocenters. The summed E-state index contributed by atoms with van der Waals surface area (Å²) >= 11 is 0. The van der Waals surface area contributed by atoms with Crippen LogP contribution in [0.15, 0.2) is 41.6 Å². The monoisotopic (exact) mass is 338 g/mol. The zero-order valence-electron chi connectivity index (χ0n) is 13.0. The van der Waals surface area contributed by atoms with Crippen LogP contribution < -0.4 is 4.72 Å². The Hall–Kier alpha value is -2.26. The Kier molecular flexibility index (Phi) is 4.81. The first kappa shape index (κ1) is 17.1. The van der Waals surface area contributed by atoms with Gasteiger partial charge in [-0.1, -0.05) is 12.1 Å². The molecular weight excluding hydrogens is 320 g/mol. The van der Waals surface area contributed by atoms with Crippen molar-refractivity contribution in [1.29, 1.82) is 0 Å². The standard InChI is InChI=1S/C14H18N4O4S/c1-10(2)17-9-14(8-15-17)23(21,22)16-11(3)12-5-4-6-13(7-12)18(19)20/h4-11,16H,1-3H3/t11-/m1/s1. The lowest BCUT2D eigenvalue weighted by atomic mass is 10.1. The molecule has 1 N–H and O–H groups in total. The van der Waals surface area contributed by atoms with Crippen molar-refractivity contribution in [1.82, 2.24) is 14.5 Å². The van der Waals surface area contributed by atoms with E-state index in [0.717, 1.165) is 0 Å². The number of nitrogens with one attached hydrogen (secondary N) is 1. The van der Waals surface area contributed by atoms with Gasteiger partial charge in [0.15, 0.2) is 0 Å². The number of hydrogen-bond donors (Lipinski definition) is 1. The van der Waals surface area contributed by atoms with Crippen molar-refractivity contribution in [2.24, 2.45) is 0 Å². The van der Waals surface area contributed by atoms with Gasteiger partial charge < -0.3 is 0 Å². The molecule has 0 radical (unpaired) electrons. The highest BCUT2D eigenvalue weighted by Crippen LogP contribution is 2.21. The molecule has 1 heterocycles. The van der Waals surface area contributed by atoms with Gasteiger partial charge in [0, 0.05) is 30.4 Å². The second-order valence-electron chi connectivity index (χ2n) is 5.44. The summed E-state index contributed by atoms with van der Waals surface area (Å²) in [6, 6.07) is 5.31. The van der Waals surface area contributed by atoms with Crippen LogP contribution in [-0.2, 0) is 10.0 Å². The normalized spacial score (nSPS) is 13.2. The number of rotatable bonds is 6. The van der Waals surface area contributed by atoms with E-state index in [2.05, 4.69) is 9.82 Å². The van der Waals surface area contributed by atoms with E-state index in [9.17, 15) is 18.5 Å². The van der Waals surface area contributed by atoms with E-state index in [1.165, 1.54) is 30.6 Å². The molecule has 8 nitrogen and oxygen atoms in total. The highest BCUT2D eigenvalue weighted by Gasteiger charge is 2.21. The van der Waals surface area contributed by atoms with Crippen LogP contribution in [0.4, 0.5) is 5.69 Å². The molecule has 23 heavy (non-hydrogen) atoms. The predicted molar refractivity (Wildman–Crippen MR) is 84.4 cm³/mol. The average Bonchev–Trinajstić information content (AvgIpc) is 2.98. The molecule has 9 heteroatoms. The lowest BCUT2D eigenvalue weighted by Crippen LogP contribution is -2.26. The second kappa shape index (κ2) is 6.47. The number of nitro benzene ring substituents is 1. The summed E-state index contributed by atoms with van der Waals surface area (Å²) in [7, 11) is -3.76. The number of nitro groups is 1. The van der Waals surface area contributed by atoms with Gasteiger partial charge in [0.2, 0.25) is 10.0 Å². The van der Waals surface area contributed by atoms with Crippen molar-refractivity contribution in [3.05, 3.63) is 52.3 Å². The van der Waals surface area contributed by atoms with Crippen molar-refractivity contribution in [3.63, 3.8) is 0 Å². The Balaban J connectivity index is 2.22. The quantitative estimate of drug-likeness (QED) is 0.643. The van der Waals surface area contributed by atoms with Crippen LogP contribution in [0.2, 0.25) is 0 Å². The van der Waals surface area contributed by atoms with E-state index in [1.54, 1.807) is 17.7 Å². The number of hydrogen-bond acceptors (Lipinski definition) is 5. The number of non-ortho nitro benzene ring substituents is 1. The average molecular weight is 338 g/mol. The van der Waals surface area contributed by atoms with Gasteiger partial charge in [0.05, 0.1) is 11.1 Å². The summed E-state index contributed by atoms with van der Waals surface area (Å²) in [6.45, 7) is 5.41. The van der Waals surface area contributed by atoms with Crippen molar-refractivity contribution in [3.8, 4) is 0 Å². The van der Waals surface area contributed by atoms with Crippen LogP contribution >= 0.6 is 0 Å². The lowest BCUT2D eigenvalue weighted by Gasteiger charge is -2.13. The van der Waals surface area contributed by atoms with Crippen LogP contribution in [0.3, 0.4) is 0 Å². The molecule has 0 aliphatic rings. The molecule has 0 amide bonds. The minimum atomic E-state index is -3.76. The van der Waals surface area contributed by atoms with Crippen LogP contribution in [0.25, 0.3) is 0 Å². The highest BCUT2D eigenvalue weighted by atomic mass is 32.2. The SMILES string of the molecule is CC(C)n1cc(S(=O)(=O)N[C@H](C)c2cccc([N+](=O)[O-])c2)cn1. The molecule has 1 aromatic heterocycles. The fourth-order valence-electron chi connectivity index (χ4n) is 2.02. The predicted octanol–water partition coefficient (Wildman–Crippen LogP) is 2.41. The molecule has 1 aromatic carbocycles. The molecule has 2 rings (SSSR count). The lowest BCUT2D eigenvalue weighted by molar-refractivity contribution is -0.384. The summed E-state index contributed by atoms with van der Waals surface area (Å²) in [5.74, 6) is 0. The fraction of sp³-hybridized carbons (Fsp3) is 0.357. The Morgan fingerprint density at radius 3 is 2.57 bits per heavy atom. The molecule has 2 aromatic rings. The number of sulfonamides is 1. The van der Waals surface area contributed by atoms with Crippen LogP contribution in [0.1, 0.15) is 38.4 Å². The zero-order valence-corrected chi connectivity index (χ0v) is 13.8. The topological polar surface area (TPSA) is 107 Å². The third-order valence-electron chi connectivity index (χ3n) is 3.33. The number of nitrogens with zero attached hydrogens (tertiary/aromatic N) is 3. The minimum Gasteiger partial charge on any atom is -0.269 e. The third-order valence-corrected chi connectivity index (χ3v) is 4.83. The minimum absolute atomic E-state index is 0.0492. The maximum atomic E-state index is 12.4. The molecule has 0 bridgehead atoms. The first-order valence-corrected chi connectivity index (χ1v) is 8.50. The Morgan fingerprint density at radius 1 is 1.30 bits per heavy atom. The van der Waals surface area contributed by atoms with Gasteiger partial charge in [-0.25, -0.2) is 13.1 Å². The summed E-state index contributed by atoms with van der Waals surface area (Å²) in [5, 5.41) is 14.8. The van der Waals surface area contributed by atoms with Crippen LogP contribution in [0, 0.1) is 10.1 Å². The van der Waals surface area contributed by atoms with Gasteiger partial charge in [-0.05, 0) is 26.3 Å². The first-order valence-electron chi connectivity index (χ1n) is 7.01. The number of aromatic nitrogens is 2. The molecule has 1 atom stereocenters. The zero-order chi connectivity index (χ0) is 17.2. The maximum Gasteiger partial charge on any atom is 0.269 e. The molecule has 0 saturated heterocycles. The van der Waals surface area contributed by atoms with Gasteiger partial charge in [-0.15, -0.1) is 0 Å². The van der Waals surface area contributed by atoms with E-state index in [4.69, 9.17) is 0 Å². The summed E-state index contributed by atoms with van der Waals surface area (Å²) in [6.07, 6.45) is 2.73. The van der Waals surface area contributed by atoms with Crippen LogP contribution in [0.5, 0.6) is 0 Å². The van der Waals surface area contributed by atoms with Gasteiger partial charge in [0.1, 0.15) is 4.90 Å². The van der Waals surface area contributed by atoms with E-state index in [-0.39, 0.29) is 16.6 Å². The molecule has 0 aliphatic carbocycles. The molecule has 0 spiro atoms. The molecule has 0 saturated carbocycles. The smallest absolute Gasteiger partial charge is 0.269 e. The van der Waals surface area contributed by atoms with E-state index in [1.807, 2.05) is 13.8 Å². The summed E-state index contributed by atoms with van der Waals surface area (Å²) < 4.78 is 28.8. The molecule has 0 aliphatic heterocycles. The highest BCUT2D eigenvalue weighted by molar-refractivity contribution is 7.89. The van der Waals surface area contributed by atoms with Crippen molar-refractivity contribution >= 4 is 15.7 Å². The van der Waals surface area contributed by atoms with Crippen molar-refractivity contribution in [2.45, 2.75) is 37.8 Å². The van der Waals surface area contributed by atoms with Crippen molar-refractivity contribution < 1.29 is 13.3 Å². The number of benzene rings is 1. The largest absolute Gasteiger partial charge is 0.269 e. The van der Waals surface area contributed by atoms with E-state index >= 15 is 0 Å². The fourth-order valence-corrected chi connectivity index (χ4v) is 3.19. The molecule has 0 fully saturated rings. The summed E-state index contributed by atoms with van der Waals surface area (Å²) in [4.78, 5) is 10.3. The Labute approximate surface area is 134 Å². The Morgan fingerprint density at radius 2 is 2.00 bits per heavy atom. The van der Waals surface area contributed by atoms with Crippen LogP contribution in [-0.4, -0.2) is 23.1 Å². The molecule has 124 valence electrons. The van der Waals surface area contributed by atoms with Gasteiger partial charge >= 0.3 is 0 Å². The van der Waals surface area contributed by atoms with Crippen molar-refractivity contribution in [2.75, 3.05) is 0 Å². The molecular formula is C14H18N4O4S. The Bertz CT molecular complexity index is 814. The first-order chi connectivity index (χ1) is 10.7. The second-order valence-corrected chi connectivity index (χ2v) is 7.16. The van der Waals surface area contributed by atoms with E-state index in [0.29, 0.717) is 5.56 Å². The van der Waals surface area contributed by atoms with E-state index < -0.39 is 21.0 Å².